The quantitative estimate of drug-likeness (QED) is 0.692. The first kappa shape index (κ1) is 16.5. The molecule has 1 aromatic carbocycles. The van der Waals surface area contributed by atoms with Crippen LogP contribution in [0.2, 0.25) is 0 Å². The van der Waals surface area contributed by atoms with Gasteiger partial charge < -0.3 is 9.84 Å². The van der Waals surface area contributed by atoms with Crippen LogP contribution in [0, 0.1) is 13.8 Å². The highest BCUT2D eigenvalue weighted by atomic mass is 16.5. The summed E-state index contributed by atoms with van der Waals surface area (Å²) < 4.78 is 5.64. The van der Waals surface area contributed by atoms with Gasteiger partial charge in [0.05, 0.1) is 18.2 Å². The van der Waals surface area contributed by atoms with Crippen LogP contribution in [0.5, 0.6) is 0 Å². The zero-order valence-corrected chi connectivity index (χ0v) is 13.1. The Labute approximate surface area is 133 Å². The lowest BCUT2D eigenvalue weighted by atomic mass is 9.99. The second-order valence-electron chi connectivity index (χ2n) is 5.12. The van der Waals surface area contributed by atoms with E-state index in [2.05, 4.69) is 0 Å². The van der Waals surface area contributed by atoms with E-state index >= 15 is 0 Å². The van der Waals surface area contributed by atoms with Crippen molar-refractivity contribution in [1.82, 2.24) is 4.57 Å². The molecule has 2 aromatic rings. The Kier molecular flexibility index (Phi) is 4.64. The molecule has 0 radical (unpaired) electrons. The van der Waals surface area contributed by atoms with Gasteiger partial charge in [0, 0.05) is 17.8 Å². The van der Waals surface area contributed by atoms with Crippen LogP contribution in [0.25, 0.3) is 0 Å². The van der Waals surface area contributed by atoms with Crippen molar-refractivity contribution >= 4 is 17.8 Å². The number of ether oxygens (including phenoxy) is 1. The number of hydrogen-bond donors (Lipinski definition) is 1. The van der Waals surface area contributed by atoms with Crippen LogP contribution in [-0.2, 0) is 11.2 Å². The molecule has 0 aliphatic rings. The minimum Gasteiger partial charge on any atom is -0.465 e. The fraction of sp³-hybridized carbons (Fsp3) is 0.235. The maximum atomic E-state index is 12.7. The van der Waals surface area contributed by atoms with Crippen molar-refractivity contribution in [1.29, 1.82) is 0 Å². The average Bonchev–Trinajstić information content (AvgIpc) is 2.78. The highest BCUT2D eigenvalue weighted by molar-refractivity contribution is 6.09. The van der Waals surface area contributed by atoms with Gasteiger partial charge in [-0.1, -0.05) is 30.3 Å². The van der Waals surface area contributed by atoms with Gasteiger partial charge in [0.2, 0.25) is 0 Å². The molecule has 6 nitrogen and oxygen atoms in total. The number of esters is 1. The molecule has 1 N–H and O–H groups in total. The third-order valence-corrected chi connectivity index (χ3v) is 3.71. The molecule has 23 heavy (non-hydrogen) atoms. The molecule has 0 aliphatic carbocycles. The molecule has 0 saturated carbocycles. The van der Waals surface area contributed by atoms with Crippen molar-refractivity contribution in [3.05, 3.63) is 58.4 Å². The number of carbonyl (C=O) groups excluding carboxylic acids is 2. The van der Waals surface area contributed by atoms with Crippen LogP contribution in [0.1, 0.15) is 37.7 Å². The van der Waals surface area contributed by atoms with Crippen molar-refractivity contribution in [2.24, 2.45) is 0 Å². The van der Waals surface area contributed by atoms with Gasteiger partial charge >= 0.3 is 12.1 Å². The van der Waals surface area contributed by atoms with Gasteiger partial charge in [-0.05, 0) is 19.4 Å². The highest BCUT2D eigenvalue weighted by Crippen LogP contribution is 2.25. The molecule has 120 valence electrons. The fourth-order valence-electron chi connectivity index (χ4n) is 2.69. The lowest BCUT2D eigenvalue weighted by Crippen LogP contribution is -2.13. The zero-order valence-electron chi connectivity index (χ0n) is 13.1. The van der Waals surface area contributed by atoms with E-state index in [9.17, 15) is 19.5 Å². The number of carboxylic acid groups (broad SMARTS) is 1. The first-order chi connectivity index (χ1) is 10.9. The van der Waals surface area contributed by atoms with Gasteiger partial charge in [-0.2, -0.15) is 0 Å². The smallest absolute Gasteiger partial charge is 0.415 e. The van der Waals surface area contributed by atoms with Crippen LogP contribution in [0.15, 0.2) is 30.3 Å². The summed E-state index contributed by atoms with van der Waals surface area (Å²) in [5, 5.41) is 9.31. The topological polar surface area (TPSA) is 85.6 Å². The molecule has 0 spiro atoms. The van der Waals surface area contributed by atoms with Crippen molar-refractivity contribution in [3.63, 3.8) is 0 Å². The molecular weight excluding hydrogens is 298 g/mol. The summed E-state index contributed by atoms with van der Waals surface area (Å²) in [6.45, 7) is 2.98. The molecule has 1 heterocycles. The first-order valence-corrected chi connectivity index (χ1v) is 6.99. The summed E-state index contributed by atoms with van der Waals surface area (Å²) in [4.78, 5) is 36.1. The second-order valence-corrected chi connectivity index (χ2v) is 5.12. The number of methoxy groups -OCH3 is 1. The van der Waals surface area contributed by atoms with Crippen LogP contribution < -0.4 is 0 Å². The summed E-state index contributed by atoms with van der Waals surface area (Å²) in [7, 11) is 1.20. The molecule has 6 heteroatoms. The summed E-state index contributed by atoms with van der Waals surface area (Å²) >= 11 is 0. The first-order valence-electron chi connectivity index (χ1n) is 6.99. The van der Waals surface area contributed by atoms with Crippen molar-refractivity contribution in [3.8, 4) is 0 Å². The van der Waals surface area contributed by atoms with E-state index in [1.807, 2.05) is 18.2 Å². The largest absolute Gasteiger partial charge is 0.465 e. The Balaban J connectivity index is 2.56. The summed E-state index contributed by atoms with van der Waals surface area (Å²) in [5.41, 5.74) is 1.29. The number of rotatable bonds is 4. The zero-order chi connectivity index (χ0) is 17.1. The molecule has 0 fully saturated rings. The number of hydrogen-bond acceptors (Lipinski definition) is 4. The molecule has 0 amide bonds. The van der Waals surface area contributed by atoms with Crippen LogP contribution in [0.3, 0.4) is 0 Å². The molecule has 0 aliphatic heterocycles. The lowest BCUT2D eigenvalue weighted by molar-refractivity contribution is 0.0596. The van der Waals surface area contributed by atoms with Gasteiger partial charge in [-0.3, -0.25) is 9.36 Å². The van der Waals surface area contributed by atoms with E-state index in [4.69, 9.17) is 4.74 Å². The maximum Gasteiger partial charge on any atom is 0.415 e. The van der Waals surface area contributed by atoms with Crippen molar-refractivity contribution in [2.45, 2.75) is 20.3 Å². The summed E-state index contributed by atoms with van der Waals surface area (Å²) in [6, 6.07) is 9.05. The molecule has 0 unspecified atom stereocenters. The average molecular weight is 315 g/mol. The third kappa shape index (κ3) is 3.01. The second kappa shape index (κ2) is 6.48. The number of nitrogens with zero attached hydrogens (tertiary/aromatic N) is 1. The Morgan fingerprint density at radius 3 is 2.13 bits per heavy atom. The number of benzene rings is 1. The Bertz CT molecular complexity index is 774. The summed E-state index contributed by atoms with van der Waals surface area (Å²) in [6.07, 6.45) is -1.17. The van der Waals surface area contributed by atoms with Gasteiger partial charge in [-0.25, -0.2) is 9.59 Å². The van der Waals surface area contributed by atoms with E-state index in [-0.39, 0.29) is 34.7 Å². The minimum absolute atomic E-state index is 0.00771. The SMILES string of the molecule is COC(=O)c1c(C(=O)Cc2ccccc2)c(C)n(C(=O)O)c1C. The molecule has 1 aromatic heterocycles. The van der Waals surface area contributed by atoms with Crippen LogP contribution in [-0.4, -0.2) is 34.6 Å². The number of aromatic nitrogens is 1. The monoisotopic (exact) mass is 315 g/mol. The van der Waals surface area contributed by atoms with E-state index in [1.54, 1.807) is 12.1 Å². The van der Waals surface area contributed by atoms with E-state index in [0.29, 0.717) is 0 Å². The molecule has 0 bridgehead atoms. The highest BCUT2D eigenvalue weighted by Gasteiger charge is 2.29. The number of Topliss-reactive ketones (excluding diaryl/α,β-unsaturated/α-hetero) is 1. The van der Waals surface area contributed by atoms with Crippen molar-refractivity contribution in [2.75, 3.05) is 7.11 Å². The maximum absolute atomic E-state index is 12.7. The van der Waals surface area contributed by atoms with E-state index < -0.39 is 12.1 Å². The molecule has 2 rings (SSSR count). The summed E-state index contributed by atoms with van der Waals surface area (Å²) in [5.74, 6) is -1.04. The number of carbonyl (C=O) groups is 3. The van der Waals surface area contributed by atoms with Crippen LogP contribution >= 0.6 is 0 Å². The van der Waals surface area contributed by atoms with Gasteiger partial charge in [0.1, 0.15) is 0 Å². The Morgan fingerprint density at radius 2 is 1.61 bits per heavy atom. The van der Waals surface area contributed by atoms with Crippen LogP contribution in [0.4, 0.5) is 4.79 Å². The van der Waals surface area contributed by atoms with E-state index in [1.165, 1.54) is 21.0 Å². The predicted molar refractivity (Wildman–Crippen MR) is 83.1 cm³/mol. The lowest BCUT2D eigenvalue weighted by Gasteiger charge is -2.05. The van der Waals surface area contributed by atoms with Gasteiger partial charge in [-0.15, -0.1) is 0 Å². The molecule has 0 saturated heterocycles. The van der Waals surface area contributed by atoms with Gasteiger partial charge in [0.25, 0.3) is 0 Å². The third-order valence-electron chi connectivity index (χ3n) is 3.71. The van der Waals surface area contributed by atoms with Crippen molar-refractivity contribution < 1.29 is 24.2 Å². The Hall–Kier alpha value is -2.89. The number of ketones is 1. The van der Waals surface area contributed by atoms with Gasteiger partial charge in [0.15, 0.2) is 5.78 Å². The Morgan fingerprint density at radius 1 is 1.04 bits per heavy atom. The standard InChI is InChI=1S/C17H17NO5/c1-10-14(13(19)9-12-7-5-4-6-8-12)15(16(20)23-3)11(2)18(10)17(21)22/h4-8H,9H2,1-3H3,(H,21,22). The fourth-order valence-corrected chi connectivity index (χ4v) is 2.69. The minimum atomic E-state index is -1.25. The predicted octanol–water partition coefficient (Wildman–Crippen LogP) is 2.84. The molecular formula is C17H17NO5. The van der Waals surface area contributed by atoms with E-state index in [0.717, 1.165) is 10.1 Å². The normalized spacial score (nSPS) is 10.4. The molecule has 0 atom stereocenters.